The summed E-state index contributed by atoms with van der Waals surface area (Å²) in [6.07, 6.45) is 5.08. The summed E-state index contributed by atoms with van der Waals surface area (Å²) in [5.74, 6) is 1.45. The first-order valence-electron chi connectivity index (χ1n) is 7.17. The van der Waals surface area contributed by atoms with E-state index < -0.39 is 0 Å². The monoisotopic (exact) mass is 302 g/mol. The molecule has 1 unspecified atom stereocenters. The predicted molar refractivity (Wildman–Crippen MR) is 80.0 cm³/mol. The Balaban J connectivity index is 1.37. The highest BCUT2D eigenvalue weighted by molar-refractivity contribution is 5.73. The van der Waals surface area contributed by atoms with E-state index in [1.54, 1.807) is 12.5 Å². The molecule has 116 valence electrons. The molecule has 2 aromatic rings. The highest BCUT2D eigenvalue weighted by Gasteiger charge is 2.20. The predicted octanol–water partition coefficient (Wildman–Crippen LogP) is 1.02. The SMILES string of the molecule is O=C(NCCn1ccnc1)NCC1COc2ccccc2O1. The molecule has 7 heteroatoms. The largest absolute Gasteiger partial charge is 0.486 e. The minimum Gasteiger partial charge on any atom is -0.486 e. The van der Waals surface area contributed by atoms with Crippen molar-refractivity contribution in [1.82, 2.24) is 20.2 Å². The quantitative estimate of drug-likeness (QED) is 0.864. The van der Waals surface area contributed by atoms with Crippen LogP contribution in [0, 0.1) is 0 Å². The maximum atomic E-state index is 11.7. The molecule has 0 saturated heterocycles. The fourth-order valence-corrected chi connectivity index (χ4v) is 2.15. The number of urea groups is 1. The number of imidazole rings is 1. The summed E-state index contributed by atoms with van der Waals surface area (Å²) < 4.78 is 13.3. The van der Waals surface area contributed by atoms with Gasteiger partial charge in [-0.1, -0.05) is 12.1 Å². The van der Waals surface area contributed by atoms with E-state index in [0.29, 0.717) is 32.0 Å². The van der Waals surface area contributed by atoms with Gasteiger partial charge in [0.2, 0.25) is 0 Å². The number of fused-ring (bicyclic) bond motifs is 1. The lowest BCUT2D eigenvalue weighted by Gasteiger charge is -2.26. The van der Waals surface area contributed by atoms with E-state index in [9.17, 15) is 4.79 Å². The van der Waals surface area contributed by atoms with Crippen LogP contribution in [-0.2, 0) is 6.54 Å². The summed E-state index contributed by atoms with van der Waals surface area (Å²) in [5.41, 5.74) is 0. The molecule has 2 heterocycles. The van der Waals surface area contributed by atoms with Gasteiger partial charge in [0.25, 0.3) is 0 Å². The Bertz CT molecular complexity index is 615. The number of aromatic nitrogens is 2. The summed E-state index contributed by atoms with van der Waals surface area (Å²) in [6, 6.07) is 7.28. The van der Waals surface area contributed by atoms with Crippen molar-refractivity contribution in [2.24, 2.45) is 0 Å². The Labute approximate surface area is 128 Å². The molecular weight excluding hydrogens is 284 g/mol. The van der Waals surface area contributed by atoms with Crippen LogP contribution in [-0.4, -0.2) is 41.4 Å². The van der Waals surface area contributed by atoms with Gasteiger partial charge in [-0.05, 0) is 12.1 Å². The second-order valence-electron chi connectivity index (χ2n) is 4.93. The van der Waals surface area contributed by atoms with Gasteiger partial charge >= 0.3 is 6.03 Å². The molecule has 3 rings (SSSR count). The van der Waals surface area contributed by atoms with Crippen LogP contribution in [0.4, 0.5) is 4.79 Å². The minimum absolute atomic E-state index is 0.186. The Hall–Kier alpha value is -2.70. The normalized spacial score (nSPS) is 16.1. The smallest absolute Gasteiger partial charge is 0.314 e. The molecule has 1 atom stereocenters. The van der Waals surface area contributed by atoms with Gasteiger partial charge in [0.1, 0.15) is 6.61 Å². The third-order valence-electron chi connectivity index (χ3n) is 3.27. The van der Waals surface area contributed by atoms with E-state index in [1.165, 1.54) is 0 Å². The first kappa shape index (κ1) is 14.2. The number of para-hydroxylation sites is 2. The van der Waals surface area contributed by atoms with Crippen molar-refractivity contribution in [2.45, 2.75) is 12.6 Å². The van der Waals surface area contributed by atoms with Gasteiger partial charge in [0, 0.05) is 25.5 Å². The first-order chi connectivity index (χ1) is 10.8. The number of carbonyl (C=O) groups is 1. The van der Waals surface area contributed by atoms with E-state index in [2.05, 4.69) is 15.6 Å². The molecule has 22 heavy (non-hydrogen) atoms. The molecule has 1 aliphatic heterocycles. The maximum absolute atomic E-state index is 11.7. The molecule has 0 saturated carbocycles. The van der Waals surface area contributed by atoms with E-state index in [0.717, 1.165) is 5.75 Å². The number of hydrogen-bond donors (Lipinski definition) is 2. The van der Waals surface area contributed by atoms with Gasteiger partial charge in [0.15, 0.2) is 17.6 Å². The second kappa shape index (κ2) is 6.84. The van der Waals surface area contributed by atoms with E-state index >= 15 is 0 Å². The Morgan fingerprint density at radius 2 is 2.18 bits per heavy atom. The molecule has 1 aromatic carbocycles. The fourth-order valence-electron chi connectivity index (χ4n) is 2.15. The minimum atomic E-state index is -0.220. The van der Waals surface area contributed by atoms with Gasteiger partial charge in [-0.3, -0.25) is 0 Å². The van der Waals surface area contributed by atoms with Gasteiger partial charge < -0.3 is 24.7 Å². The molecule has 2 N–H and O–H groups in total. The molecule has 1 aliphatic rings. The van der Waals surface area contributed by atoms with Crippen LogP contribution in [0.15, 0.2) is 43.0 Å². The Morgan fingerprint density at radius 1 is 1.32 bits per heavy atom. The maximum Gasteiger partial charge on any atom is 0.314 e. The lowest BCUT2D eigenvalue weighted by molar-refractivity contribution is 0.0918. The van der Waals surface area contributed by atoms with Crippen molar-refractivity contribution in [2.75, 3.05) is 19.7 Å². The third-order valence-corrected chi connectivity index (χ3v) is 3.27. The molecular formula is C15H18N4O3. The molecule has 0 bridgehead atoms. The summed E-state index contributed by atoms with van der Waals surface area (Å²) >= 11 is 0. The van der Waals surface area contributed by atoms with Crippen molar-refractivity contribution in [3.05, 3.63) is 43.0 Å². The fraction of sp³-hybridized carbons (Fsp3) is 0.333. The van der Waals surface area contributed by atoms with Crippen molar-refractivity contribution in [3.8, 4) is 11.5 Å². The molecule has 7 nitrogen and oxygen atoms in total. The molecule has 0 spiro atoms. The molecule has 0 aliphatic carbocycles. The molecule has 0 radical (unpaired) electrons. The number of hydrogen-bond acceptors (Lipinski definition) is 4. The molecule has 1 aromatic heterocycles. The van der Waals surface area contributed by atoms with E-state index in [4.69, 9.17) is 9.47 Å². The standard InChI is InChI=1S/C15H18N4O3/c20-15(17-6-8-19-7-5-16-11-19)18-9-12-10-21-13-3-1-2-4-14(13)22-12/h1-5,7,11-12H,6,8-10H2,(H2,17,18,20). The Kier molecular flexibility index (Phi) is 4.43. The lowest BCUT2D eigenvalue weighted by Crippen LogP contribution is -2.45. The first-order valence-corrected chi connectivity index (χ1v) is 7.17. The number of nitrogens with zero attached hydrogens (tertiary/aromatic N) is 2. The average molecular weight is 302 g/mol. The number of amides is 2. The summed E-state index contributed by atoms with van der Waals surface area (Å²) in [6.45, 7) is 2.04. The zero-order valence-electron chi connectivity index (χ0n) is 12.1. The van der Waals surface area contributed by atoms with E-state index in [-0.39, 0.29) is 12.1 Å². The lowest BCUT2D eigenvalue weighted by atomic mass is 10.2. The number of carbonyl (C=O) groups excluding carboxylic acids is 1. The van der Waals surface area contributed by atoms with Crippen molar-refractivity contribution < 1.29 is 14.3 Å². The molecule has 2 amide bonds. The van der Waals surface area contributed by atoms with Crippen LogP contribution >= 0.6 is 0 Å². The number of ether oxygens (including phenoxy) is 2. The number of rotatable bonds is 5. The average Bonchev–Trinajstić information content (AvgIpc) is 3.06. The molecule has 0 fully saturated rings. The second-order valence-corrected chi connectivity index (χ2v) is 4.93. The van der Waals surface area contributed by atoms with E-state index in [1.807, 2.05) is 35.0 Å². The van der Waals surface area contributed by atoms with Crippen LogP contribution in [0.2, 0.25) is 0 Å². The topological polar surface area (TPSA) is 77.4 Å². The zero-order valence-corrected chi connectivity index (χ0v) is 12.1. The highest BCUT2D eigenvalue weighted by atomic mass is 16.6. The summed E-state index contributed by atoms with van der Waals surface area (Å²) in [5, 5.41) is 5.57. The zero-order chi connectivity index (χ0) is 15.2. The van der Waals surface area contributed by atoms with Gasteiger partial charge in [-0.25, -0.2) is 9.78 Å². The summed E-state index contributed by atoms with van der Waals surface area (Å²) in [4.78, 5) is 15.7. The van der Waals surface area contributed by atoms with Crippen LogP contribution in [0.1, 0.15) is 0 Å². The van der Waals surface area contributed by atoms with Crippen LogP contribution in [0.5, 0.6) is 11.5 Å². The summed E-state index contributed by atoms with van der Waals surface area (Å²) in [7, 11) is 0. The Morgan fingerprint density at radius 3 is 3.00 bits per heavy atom. The van der Waals surface area contributed by atoms with Gasteiger partial charge in [-0.15, -0.1) is 0 Å². The number of benzene rings is 1. The van der Waals surface area contributed by atoms with Crippen LogP contribution in [0.3, 0.4) is 0 Å². The van der Waals surface area contributed by atoms with Crippen molar-refractivity contribution in [1.29, 1.82) is 0 Å². The van der Waals surface area contributed by atoms with Crippen molar-refractivity contribution in [3.63, 3.8) is 0 Å². The van der Waals surface area contributed by atoms with Crippen LogP contribution in [0.25, 0.3) is 0 Å². The third kappa shape index (κ3) is 3.69. The van der Waals surface area contributed by atoms with Gasteiger partial charge in [-0.2, -0.15) is 0 Å². The van der Waals surface area contributed by atoms with Crippen LogP contribution < -0.4 is 20.1 Å². The van der Waals surface area contributed by atoms with Gasteiger partial charge in [0.05, 0.1) is 12.9 Å². The number of nitrogens with one attached hydrogen (secondary N) is 2. The van der Waals surface area contributed by atoms with Crippen molar-refractivity contribution >= 4 is 6.03 Å². The highest BCUT2D eigenvalue weighted by Crippen LogP contribution is 2.30.